The summed E-state index contributed by atoms with van der Waals surface area (Å²) in [5, 5.41) is 3.18. The molecule has 1 saturated heterocycles. The Kier molecular flexibility index (Phi) is 6.34. The van der Waals surface area contributed by atoms with Gasteiger partial charge in [0.15, 0.2) is 0 Å². The van der Waals surface area contributed by atoms with Crippen molar-refractivity contribution in [3.05, 3.63) is 78.2 Å². The Hall–Kier alpha value is -2.96. The number of carbonyl (C=O) groups is 1. The van der Waals surface area contributed by atoms with Gasteiger partial charge in [-0.25, -0.2) is 4.98 Å². The molecule has 1 fully saturated rings. The van der Waals surface area contributed by atoms with Gasteiger partial charge >= 0.3 is 0 Å². The molecule has 0 bridgehead atoms. The topological polar surface area (TPSA) is 67.6 Å². The first-order valence-corrected chi connectivity index (χ1v) is 9.92. The van der Waals surface area contributed by atoms with E-state index in [9.17, 15) is 4.79 Å². The van der Waals surface area contributed by atoms with Crippen LogP contribution in [-0.4, -0.2) is 48.6 Å². The first-order valence-electron chi connectivity index (χ1n) is 9.92. The summed E-state index contributed by atoms with van der Waals surface area (Å²) in [6, 6.07) is 19.7. The largest absolute Gasteiger partial charge is 0.444 e. The fourth-order valence-corrected chi connectivity index (χ4v) is 3.47. The summed E-state index contributed by atoms with van der Waals surface area (Å²) < 4.78 is 11.0. The molecule has 3 aromatic rings. The number of hydrogen-bond acceptors (Lipinski definition) is 5. The van der Waals surface area contributed by atoms with Crippen molar-refractivity contribution in [1.29, 1.82) is 0 Å². The van der Waals surface area contributed by atoms with Gasteiger partial charge in [0, 0.05) is 25.2 Å². The minimum atomic E-state index is -0.0812. The highest BCUT2D eigenvalue weighted by Crippen LogP contribution is 2.19. The van der Waals surface area contributed by atoms with Crippen LogP contribution in [0, 0.1) is 0 Å². The maximum atomic E-state index is 12.7. The zero-order chi connectivity index (χ0) is 19.9. The third kappa shape index (κ3) is 5.31. The van der Waals surface area contributed by atoms with E-state index in [0.29, 0.717) is 11.6 Å². The lowest BCUT2D eigenvalue weighted by molar-refractivity contribution is -0.121. The van der Waals surface area contributed by atoms with Gasteiger partial charge in [-0.05, 0) is 17.7 Å². The average Bonchev–Trinajstić information content (AvgIpc) is 3.24. The van der Waals surface area contributed by atoms with Gasteiger partial charge < -0.3 is 14.5 Å². The van der Waals surface area contributed by atoms with Gasteiger partial charge in [-0.2, -0.15) is 0 Å². The Labute approximate surface area is 170 Å². The lowest BCUT2D eigenvalue weighted by Gasteiger charge is -2.31. The third-order valence-electron chi connectivity index (χ3n) is 5.00. The molecule has 0 spiro atoms. The lowest BCUT2D eigenvalue weighted by atomic mass is 10.1. The molecule has 2 heterocycles. The van der Waals surface area contributed by atoms with E-state index in [1.807, 2.05) is 48.5 Å². The van der Waals surface area contributed by atoms with Gasteiger partial charge in [0.2, 0.25) is 11.8 Å². The number of amides is 1. The third-order valence-corrected chi connectivity index (χ3v) is 5.00. The molecule has 0 radical (unpaired) electrons. The predicted molar refractivity (Wildman–Crippen MR) is 110 cm³/mol. The van der Waals surface area contributed by atoms with Crippen LogP contribution in [0.1, 0.15) is 17.3 Å². The molecular formula is C23H25N3O3. The van der Waals surface area contributed by atoms with E-state index < -0.39 is 0 Å². The van der Waals surface area contributed by atoms with E-state index in [0.717, 1.165) is 44.0 Å². The highest BCUT2D eigenvalue weighted by atomic mass is 16.5. The van der Waals surface area contributed by atoms with Crippen molar-refractivity contribution in [2.24, 2.45) is 0 Å². The summed E-state index contributed by atoms with van der Waals surface area (Å²) >= 11 is 0. The standard InChI is InChI=1S/C23H25N3O3/c27-22(15-20-17-29-23(24-20)19-9-5-2-6-10-19)25-21(18-7-3-1-4-8-18)16-26-11-13-28-14-12-26/h1-10,17,21H,11-16H2,(H,25,27). The summed E-state index contributed by atoms with van der Waals surface area (Å²) in [7, 11) is 0. The summed E-state index contributed by atoms with van der Waals surface area (Å²) in [4.78, 5) is 19.5. The number of ether oxygens (including phenoxy) is 1. The Morgan fingerprint density at radius 3 is 2.45 bits per heavy atom. The molecule has 1 unspecified atom stereocenters. The van der Waals surface area contributed by atoms with Crippen LogP contribution < -0.4 is 5.32 Å². The molecule has 2 aromatic carbocycles. The molecule has 150 valence electrons. The van der Waals surface area contributed by atoms with Crippen molar-refractivity contribution >= 4 is 5.91 Å². The minimum Gasteiger partial charge on any atom is -0.444 e. The van der Waals surface area contributed by atoms with Crippen LogP contribution in [0.4, 0.5) is 0 Å². The highest BCUT2D eigenvalue weighted by Gasteiger charge is 2.21. The molecule has 1 aromatic heterocycles. The fourth-order valence-electron chi connectivity index (χ4n) is 3.47. The zero-order valence-electron chi connectivity index (χ0n) is 16.3. The second-order valence-electron chi connectivity index (χ2n) is 7.13. The monoisotopic (exact) mass is 391 g/mol. The van der Waals surface area contributed by atoms with E-state index >= 15 is 0 Å². The van der Waals surface area contributed by atoms with E-state index in [2.05, 4.69) is 27.3 Å². The molecule has 1 aliphatic heterocycles. The maximum Gasteiger partial charge on any atom is 0.226 e. The number of nitrogens with one attached hydrogen (secondary N) is 1. The van der Waals surface area contributed by atoms with Gasteiger partial charge in [-0.3, -0.25) is 9.69 Å². The van der Waals surface area contributed by atoms with E-state index in [1.54, 1.807) is 6.26 Å². The second-order valence-corrected chi connectivity index (χ2v) is 7.13. The summed E-state index contributed by atoms with van der Waals surface area (Å²) in [5.74, 6) is 0.460. The molecule has 6 heteroatoms. The summed E-state index contributed by atoms with van der Waals surface area (Å²) in [5.41, 5.74) is 2.62. The van der Waals surface area contributed by atoms with E-state index in [-0.39, 0.29) is 18.4 Å². The fraction of sp³-hybridized carbons (Fsp3) is 0.304. The van der Waals surface area contributed by atoms with Crippen LogP contribution in [0.2, 0.25) is 0 Å². The second kappa shape index (κ2) is 9.49. The van der Waals surface area contributed by atoms with Crippen LogP contribution in [0.25, 0.3) is 11.5 Å². The van der Waals surface area contributed by atoms with Gasteiger partial charge in [0.05, 0.1) is 31.4 Å². The molecule has 6 nitrogen and oxygen atoms in total. The number of aromatic nitrogens is 1. The zero-order valence-corrected chi connectivity index (χ0v) is 16.3. The maximum absolute atomic E-state index is 12.7. The molecule has 1 amide bonds. The number of morpholine rings is 1. The van der Waals surface area contributed by atoms with Crippen molar-refractivity contribution in [3.63, 3.8) is 0 Å². The highest BCUT2D eigenvalue weighted by molar-refractivity contribution is 5.78. The Morgan fingerprint density at radius 1 is 1.03 bits per heavy atom. The number of hydrogen-bond donors (Lipinski definition) is 1. The Morgan fingerprint density at radius 2 is 1.72 bits per heavy atom. The van der Waals surface area contributed by atoms with Crippen LogP contribution in [0.15, 0.2) is 71.3 Å². The van der Waals surface area contributed by atoms with Crippen LogP contribution >= 0.6 is 0 Å². The minimum absolute atomic E-state index is 0.0694. The Balaban J connectivity index is 1.41. The van der Waals surface area contributed by atoms with Gasteiger partial charge in [0.1, 0.15) is 6.26 Å². The number of oxazole rings is 1. The lowest BCUT2D eigenvalue weighted by Crippen LogP contribution is -2.43. The summed E-state index contributed by atoms with van der Waals surface area (Å²) in [6.45, 7) is 3.98. The number of rotatable bonds is 7. The van der Waals surface area contributed by atoms with Crippen molar-refractivity contribution in [2.45, 2.75) is 12.5 Å². The molecule has 1 atom stereocenters. The molecular weight excluding hydrogens is 366 g/mol. The van der Waals surface area contributed by atoms with Crippen LogP contribution in [-0.2, 0) is 16.0 Å². The first-order chi connectivity index (χ1) is 14.3. The Bertz CT molecular complexity index is 905. The van der Waals surface area contributed by atoms with Gasteiger partial charge in [-0.1, -0.05) is 48.5 Å². The normalized spacial score (nSPS) is 15.7. The van der Waals surface area contributed by atoms with Crippen molar-refractivity contribution < 1.29 is 13.9 Å². The SMILES string of the molecule is O=C(Cc1coc(-c2ccccc2)n1)NC(CN1CCOCC1)c1ccccc1. The van der Waals surface area contributed by atoms with Crippen molar-refractivity contribution in [3.8, 4) is 11.5 Å². The van der Waals surface area contributed by atoms with Gasteiger partial charge in [-0.15, -0.1) is 0 Å². The predicted octanol–water partition coefficient (Wildman–Crippen LogP) is 3.07. The average molecular weight is 391 g/mol. The summed E-state index contributed by atoms with van der Waals surface area (Å²) in [6.07, 6.45) is 1.74. The number of benzene rings is 2. The smallest absolute Gasteiger partial charge is 0.226 e. The number of carbonyl (C=O) groups excluding carboxylic acids is 1. The molecule has 0 aliphatic carbocycles. The quantitative estimate of drug-likeness (QED) is 0.670. The first kappa shape index (κ1) is 19.4. The molecule has 29 heavy (non-hydrogen) atoms. The van der Waals surface area contributed by atoms with Crippen molar-refractivity contribution in [2.75, 3.05) is 32.8 Å². The van der Waals surface area contributed by atoms with Crippen LogP contribution in [0.3, 0.4) is 0 Å². The van der Waals surface area contributed by atoms with E-state index in [4.69, 9.17) is 9.15 Å². The molecule has 1 aliphatic rings. The molecule has 1 N–H and O–H groups in total. The van der Waals surface area contributed by atoms with Crippen molar-refractivity contribution in [1.82, 2.24) is 15.2 Å². The molecule has 4 rings (SSSR count). The molecule has 0 saturated carbocycles. The van der Waals surface area contributed by atoms with E-state index in [1.165, 1.54) is 0 Å². The number of nitrogens with zero attached hydrogens (tertiary/aromatic N) is 2. The van der Waals surface area contributed by atoms with Gasteiger partial charge in [0.25, 0.3) is 0 Å². The van der Waals surface area contributed by atoms with Crippen LogP contribution in [0.5, 0.6) is 0 Å².